The first-order chi connectivity index (χ1) is 9.76. The Morgan fingerprint density at radius 3 is 3.05 bits per heavy atom. The fourth-order valence-electron chi connectivity index (χ4n) is 1.70. The van der Waals surface area contributed by atoms with E-state index in [-0.39, 0.29) is 5.70 Å². The molecule has 2 aromatic heterocycles. The van der Waals surface area contributed by atoms with Gasteiger partial charge >= 0.3 is 5.97 Å². The molecule has 0 saturated carbocycles. The Morgan fingerprint density at radius 1 is 1.40 bits per heavy atom. The Labute approximate surface area is 119 Å². The number of aromatic nitrogens is 1. The van der Waals surface area contributed by atoms with E-state index in [4.69, 9.17) is 9.47 Å². The average molecular weight is 286 g/mol. The van der Waals surface area contributed by atoms with Crippen molar-refractivity contribution >= 4 is 29.3 Å². The summed E-state index contributed by atoms with van der Waals surface area (Å²) in [5.41, 5.74) is 1.04. The Bertz CT molecular complexity index is 705. The molecule has 0 spiro atoms. The first-order valence-electron chi connectivity index (χ1n) is 5.83. The fourth-order valence-corrected chi connectivity index (χ4v) is 2.35. The van der Waals surface area contributed by atoms with E-state index in [1.54, 1.807) is 24.4 Å². The van der Waals surface area contributed by atoms with Crippen molar-refractivity contribution in [3.63, 3.8) is 0 Å². The van der Waals surface area contributed by atoms with Gasteiger partial charge in [-0.15, -0.1) is 11.3 Å². The predicted octanol–water partition coefficient (Wildman–Crippen LogP) is 2.50. The molecule has 6 heteroatoms. The average Bonchev–Trinajstić information content (AvgIpc) is 3.10. The molecule has 0 atom stereocenters. The van der Waals surface area contributed by atoms with E-state index in [0.717, 1.165) is 10.4 Å². The third kappa shape index (κ3) is 2.46. The highest BCUT2D eigenvalue weighted by Crippen LogP contribution is 2.22. The zero-order chi connectivity index (χ0) is 13.9. The van der Waals surface area contributed by atoms with Crippen LogP contribution < -0.4 is 4.74 Å². The molecule has 0 saturated heterocycles. The fraction of sp³-hybridized carbons (Fsp3) is 0.0714. The SMILES string of the molecule is COc1cc(C=C2N=C(c3cccs3)OC2=O)ccn1. The van der Waals surface area contributed by atoms with Crippen LogP contribution in [0.4, 0.5) is 0 Å². The molecule has 0 fully saturated rings. The number of carbonyl (C=O) groups is 1. The molecule has 0 unspecified atom stereocenters. The van der Waals surface area contributed by atoms with Gasteiger partial charge in [0.25, 0.3) is 0 Å². The molecular weight excluding hydrogens is 276 g/mol. The molecule has 3 heterocycles. The summed E-state index contributed by atoms with van der Waals surface area (Å²) >= 11 is 1.47. The molecule has 0 bridgehead atoms. The zero-order valence-corrected chi connectivity index (χ0v) is 11.4. The summed E-state index contributed by atoms with van der Waals surface area (Å²) < 4.78 is 10.2. The van der Waals surface area contributed by atoms with Gasteiger partial charge in [-0.05, 0) is 29.2 Å². The number of hydrogen-bond donors (Lipinski definition) is 0. The summed E-state index contributed by atoms with van der Waals surface area (Å²) in [5.74, 6) is 0.370. The van der Waals surface area contributed by atoms with E-state index in [2.05, 4.69) is 9.98 Å². The van der Waals surface area contributed by atoms with Crippen LogP contribution in [0.2, 0.25) is 0 Å². The van der Waals surface area contributed by atoms with Gasteiger partial charge in [0.15, 0.2) is 5.70 Å². The Morgan fingerprint density at radius 2 is 2.30 bits per heavy atom. The van der Waals surface area contributed by atoms with Crippen LogP contribution in [0.25, 0.3) is 6.08 Å². The normalized spacial score (nSPS) is 16.1. The number of esters is 1. The molecule has 1 aliphatic rings. The molecule has 0 amide bonds. The quantitative estimate of drug-likeness (QED) is 0.642. The summed E-state index contributed by atoms with van der Waals surface area (Å²) in [4.78, 5) is 20.8. The summed E-state index contributed by atoms with van der Waals surface area (Å²) in [6.45, 7) is 0. The number of rotatable bonds is 3. The first-order valence-corrected chi connectivity index (χ1v) is 6.71. The maximum absolute atomic E-state index is 11.8. The molecule has 0 radical (unpaired) electrons. The maximum Gasteiger partial charge on any atom is 0.363 e. The minimum Gasteiger partial charge on any atom is -0.481 e. The molecular formula is C14H10N2O3S. The number of pyridine rings is 1. The highest BCUT2D eigenvalue weighted by atomic mass is 32.1. The van der Waals surface area contributed by atoms with Crippen molar-refractivity contribution < 1.29 is 14.3 Å². The van der Waals surface area contributed by atoms with Crippen molar-refractivity contribution in [3.8, 4) is 5.88 Å². The molecule has 100 valence electrons. The van der Waals surface area contributed by atoms with Gasteiger partial charge in [0.1, 0.15) is 0 Å². The van der Waals surface area contributed by atoms with Crippen LogP contribution in [-0.4, -0.2) is 24.0 Å². The summed E-state index contributed by atoms with van der Waals surface area (Å²) in [7, 11) is 1.54. The van der Waals surface area contributed by atoms with Gasteiger partial charge in [-0.25, -0.2) is 14.8 Å². The molecule has 20 heavy (non-hydrogen) atoms. The van der Waals surface area contributed by atoms with E-state index in [1.165, 1.54) is 18.4 Å². The van der Waals surface area contributed by atoms with Crippen LogP contribution >= 0.6 is 11.3 Å². The lowest BCUT2D eigenvalue weighted by atomic mass is 10.2. The van der Waals surface area contributed by atoms with E-state index in [0.29, 0.717) is 11.8 Å². The summed E-state index contributed by atoms with van der Waals surface area (Å²) in [6.07, 6.45) is 3.25. The molecule has 0 aromatic carbocycles. The molecule has 0 N–H and O–H groups in total. The van der Waals surface area contributed by atoms with Gasteiger partial charge in [0.2, 0.25) is 11.8 Å². The maximum atomic E-state index is 11.8. The number of nitrogens with zero attached hydrogens (tertiary/aromatic N) is 2. The highest BCUT2D eigenvalue weighted by molar-refractivity contribution is 7.12. The van der Waals surface area contributed by atoms with Crippen LogP contribution in [-0.2, 0) is 9.53 Å². The van der Waals surface area contributed by atoms with Crippen molar-refractivity contribution in [3.05, 3.63) is 52.0 Å². The van der Waals surface area contributed by atoms with Crippen molar-refractivity contribution in [1.82, 2.24) is 4.98 Å². The molecule has 5 nitrogen and oxygen atoms in total. The Kier molecular flexibility index (Phi) is 3.30. The lowest BCUT2D eigenvalue weighted by Crippen LogP contribution is -2.03. The minimum atomic E-state index is -0.454. The third-order valence-corrected chi connectivity index (χ3v) is 3.48. The number of ether oxygens (including phenoxy) is 2. The molecule has 0 aliphatic carbocycles. The monoisotopic (exact) mass is 286 g/mol. The van der Waals surface area contributed by atoms with Crippen molar-refractivity contribution in [2.24, 2.45) is 4.99 Å². The van der Waals surface area contributed by atoms with Crippen LogP contribution in [0.3, 0.4) is 0 Å². The van der Waals surface area contributed by atoms with Gasteiger partial charge in [0.05, 0.1) is 12.0 Å². The van der Waals surface area contributed by atoms with E-state index in [1.807, 2.05) is 17.5 Å². The Balaban J connectivity index is 1.93. The van der Waals surface area contributed by atoms with Crippen molar-refractivity contribution in [1.29, 1.82) is 0 Å². The lowest BCUT2D eigenvalue weighted by Gasteiger charge is -1.98. The van der Waals surface area contributed by atoms with Gasteiger partial charge in [-0.2, -0.15) is 0 Å². The second-order valence-electron chi connectivity index (χ2n) is 3.94. The standard InChI is InChI=1S/C14H10N2O3S/c1-18-12-8-9(4-5-15-12)7-10-14(17)19-13(16-10)11-3-2-6-20-11/h2-8H,1H3. The van der Waals surface area contributed by atoms with Crippen LogP contribution in [0, 0.1) is 0 Å². The highest BCUT2D eigenvalue weighted by Gasteiger charge is 2.24. The van der Waals surface area contributed by atoms with Gasteiger partial charge in [-0.3, -0.25) is 0 Å². The smallest absolute Gasteiger partial charge is 0.363 e. The van der Waals surface area contributed by atoms with Gasteiger partial charge in [-0.1, -0.05) is 6.07 Å². The number of methoxy groups -OCH3 is 1. The molecule has 1 aliphatic heterocycles. The first kappa shape index (κ1) is 12.6. The largest absolute Gasteiger partial charge is 0.481 e. The number of hydrogen-bond acceptors (Lipinski definition) is 6. The van der Waals surface area contributed by atoms with Crippen LogP contribution in [0.1, 0.15) is 10.4 Å². The minimum absolute atomic E-state index is 0.265. The van der Waals surface area contributed by atoms with Crippen LogP contribution in [0.5, 0.6) is 5.88 Å². The van der Waals surface area contributed by atoms with E-state index in [9.17, 15) is 4.79 Å². The number of thiophene rings is 1. The van der Waals surface area contributed by atoms with Gasteiger partial charge in [0, 0.05) is 12.3 Å². The summed E-state index contributed by atoms with van der Waals surface area (Å²) in [6, 6.07) is 7.22. The second kappa shape index (κ2) is 5.26. The number of carbonyl (C=O) groups excluding carboxylic acids is 1. The molecule has 3 rings (SSSR count). The lowest BCUT2D eigenvalue weighted by molar-refractivity contribution is -0.129. The van der Waals surface area contributed by atoms with Crippen molar-refractivity contribution in [2.75, 3.05) is 7.11 Å². The number of aliphatic imine (C=N–C) groups is 1. The van der Waals surface area contributed by atoms with Crippen molar-refractivity contribution in [2.45, 2.75) is 0 Å². The van der Waals surface area contributed by atoms with Gasteiger partial charge < -0.3 is 9.47 Å². The van der Waals surface area contributed by atoms with E-state index < -0.39 is 5.97 Å². The second-order valence-corrected chi connectivity index (χ2v) is 4.89. The zero-order valence-electron chi connectivity index (χ0n) is 10.6. The number of cyclic esters (lactones) is 1. The third-order valence-electron chi connectivity index (χ3n) is 2.62. The summed E-state index contributed by atoms with van der Waals surface area (Å²) in [5, 5.41) is 1.90. The topological polar surface area (TPSA) is 60.8 Å². The van der Waals surface area contributed by atoms with E-state index >= 15 is 0 Å². The predicted molar refractivity (Wildman–Crippen MR) is 75.7 cm³/mol. The molecule has 2 aromatic rings. The van der Waals surface area contributed by atoms with Crippen LogP contribution in [0.15, 0.2) is 46.5 Å². The Hall–Kier alpha value is -2.47.